The van der Waals surface area contributed by atoms with E-state index in [0.29, 0.717) is 22.5 Å². The molecule has 4 nitrogen and oxygen atoms in total. The second-order valence-electron chi connectivity index (χ2n) is 5.90. The van der Waals surface area contributed by atoms with Gasteiger partial charge in [-0.25, -0.2) is 4.79 Å². The van der Waals surface area contributed by atoms with E-state index in [9.17, 15) is 9.59 Å². The molecule has 2 aromatic carbocycles. The summed E-state index contributed by atoms with van der Waals surface area (Å²) in [6.07, 6.45) is 0. The first-order chi connectivity index (χ1) is 12.5. The molecule has 0 N–H and O–H groups in total. The molecule has 1 aliphatic heterocycles. The number of hydrogen-bond donors (Lipinski definition) is 0. The van der Waals surface area contributed by atoms with Gasteiger partial charge < -0.3 is 9.32 Å². The number of hydrogen-bond acceptors (Lipinski definition) is 4. The van der Waals surface area contributed by atoms with E-state index in [0.717, 1.165) is 15.8 Å². The van der Waals surface area contributed by atoms with Crippen LogP contribution in [0, 0.1) is 0 Å². The van der Waals surface area contributed by atoms with Crippen molar-refractivity contribution in [2.75, 3.05) is 12.3 Å². The Labute approximate surface area is 167 Å². The zero-order chi connectivity index (χ0) is 18.3. The minimum absolute atomic E-state index is 0.0528. The molecule has 3 aromatic rings. The highest BCUT2D eigenvalue weighted by Gasteiger charge is 2.32. The fourth-order valence-corrected chi connectivity index (χ4v) is 4.74. The maximum Gasteiger partial charge on any atom is 0.349 e. The van der Waals surface area contributed by atoms with Crippen LogP contribution in [0.15, 0.2) is 62.2 Å². The Balaban J connectivity index is 1.72. The van der Waals surface area contributed by atoms with E-state index < -0.39 is 5.63 Å². The van der Waals surface area contributed by atoms with Crippen molar-refractivity contribution >= 4 is 56.2 Å². The third-order valence-corrected chi connectivity index (χ3v) is 6.24. The fraction of sp³-hybridized carbons (Fsp3) is 0.158. The van der Waals surface area contributed by atoms with Crippen LogP contribution in [0.5, 0.6) is 0 Å². The van der Waals surface area contributed by atoms with Crippen molar-refractivity contribution < 1.29 is 9.21 Å². The predicted octanol–water partition coefficient (Wildman–Crippen LogP) is 5.10. The molecule has 1 unspecified atom stereocenters. The minimum Gasteiger partial charge on any atom is -0.422 e. The van der Waals surface area contributed by atoms with Crippen molar-refractivity contribution in [1.29, 1.82) is 0 Å². The summed E-state index contributed by atoms with van der Waals surface area (Å²) in [4.78, 5) is 27.1. The number of fused-ring (bicyclic) bond motifs is 1. The van der Waals surface area contributed by atoms with Gasteiger partial charge in [0.05, 0.1) is 0 Å². The molecular weight excluding hydrogens is 438 g/mol. The molecule has 0 bridgehead atoms. The van der Waals surface area contributed by atoms with Crippen LogP contribution in [0.1, 0.15) is 21.3 Å². The Morgan fingerprint density at radius 1 is 1.19 bits per heavy atom. The van der Waals surface area contributed by atoms with Crippen molar-refractivity contribution in [1.82, 2.24) is 4.90 Å². The second-order valence-corrected chi connectivity index (χ2v) is 8.44. The van der Waals surface area contributed by atoms with Crippen LogP contribution in [0.25, 0.3) is 11.0 Å². The molecule has 1 aliphatic rings. The third kappa shape index (κ3) is 3.29. The first-order valence-corrected chi connectivity index (χ1v) is 10.2. The summed E-state index contributed by atoms with van der Waals surface area (Å²) in [5, 5.41) is 1.21. The molecule has 1 aromatic heterocycles. The van der Waals surface area contributed by atoms with E-state index in [1.807, 2.05) is 18.2 Å². The molecule has 0 radical (unpaired) electrons. The molecule has 1 saturated heterocycles. The Morgan fingerprint density at radius 2 is 1.96 bits per heavy atom. The van der Waals surface area contributed by atoms with E-state index in [1.54, 1.807) is 47.0 Å². The number of amides is 1. The highest BCUT2D eigenvalue weighted by molar-refractivity contribution is 9.10. The number of carbonyl (C=O) groups is 1. The first-order valence-electron chi connectivity index (χ1n) is 7.94. The van der Waals surface area contributed by atoms with Gasteiger partial charge in [-0.2, -0.15) is 0 Å². The molecule has 2 heterocycles. The monoisotopic (exact) mass is 449 g/mol. The molecule has 0 aliphatic carbocycles. The average molecular weight is 451 g/mol. The van der Waals surface area contributed by atoms with Gasteiger partial charge in [-0.05, 0) is 42.0 Å². The maximum atomic E-state index is 13.1. The Kier molecular flexibility index (Phi) is 4.82. The van der Waals surface area contributed by atoms with Gasteiger partial charge in [-0.3, -0.25) is 4.79 Å². The van der Waals surface area contributed by atoms with Crippen LogP contribution in [0.2, 0.25) is 5.02 Å². The number of nitrogens with zero attached hydrogens (tertiary/aromatic N) is 1. The average Bonchev–Trinajstić information content (AvgIpc) is 3.11. The normalized spacial score (nSPS) is 17.0. The summed E-state index contributed by atoms with van der Waals surface area (Å²) in [5.74, 6) is 0.495. The van der Waals surface area contributed by atoms with E-state index >= 15 is 0 Å². The number of carbonyl (C=O) groups excluding carboxylic acids is 1. The van der Waals surface area contributed by atoms with Crippen LogP contribution < -0.4 is 5.63 Å². The van der Waals surface area contributed by atoms with Gasteiger partial charge in [0.15, 0.2) is 0 Å². The van der Waals surface area contributed by atoms with Gasteiger partial charge in [0.2, 0.25) is 0 Å². The van der Waals surface area contributed by atoms with Crippen LogP contribution in [0.3, 0.4) is 0 Å². The lowest BCUT2D eigenvalue weighted by Crippen LogP contribution is -2.33. The summed E-state index contributed by atoms with van der Waals surface area (Å²) in [5.41, 5.74) is 0.881. The zero-order valence-corrected chi connectivity index (χ0v) is 16.6. The van der Waals surface area contributed by atoms with Gasteiger partial charge in [0, 0.05) is 27.2 Å². The topological polar surface area (TPSA) is 50.5 Å². The number of rotatable bonds is 2. The molecular formula is C19H13BrClNO3S. The lowest BCUT2D eigenvalue weighted by atomic mass is 10.1. The first kappa shape index (κ1) is 17.6. The molecule has 26 heavy (non-hydrogen) atoms. The standard InChI is InChI=1S/C19H13BrClNO3S/c20-13-3-6-16-12(9-13)10-15(19(24)25-16)17(23)22-7-8-26-18(22)11-1-4-14(21)5-2-11/h1-6,9-10,18H,7-8H2. The van der Waals surface area contributed by atoms with Gasteiger partial charge in [0.1, 0.15) is 16.5 Å². The second kappa shape index (κ2) is 7.10. The number of thioether (sulfide) groups is 1. The predicted molar refractivity (Wildman–Crippen MR) is 108 cm³/mol. The van der Waals surface area contributed by atoms with E-state index in [-0.39, 0.29) is 16.8 Å². The van der Waals surface area contributed by atoms with Crippen LogP contribution in [0.4, 0.5) is 0 Å². The maximum absolute atomic E-state index is 13.1. The van der Waals surface area contributed by atoms with E-state index in [1.165, 1.54) is 0 Å². The molecule has 132 valence electrons. The highest BCUT2D eigenvalue weighted by Crippen LogP contribution is 2.39. The lowest BCUT2D eigenvalue weighted by Gasteiger charge is -2.24. The van der Waals surface area contributed by atoms with Gasteiger partial charge in [-0.1, -0.05) is 39.7 Å². The molecule has 0 saturated carbocycles. The zero-order valence-electron chi connectivity index (χ0n) is 13.4. The smallest absolute Gasteiger partial charge is 0.349 e. The SMILES string of the molecule is O=C(c1cc2cc(Br)ccc2oc1=O)N1CCSC1c1ccc(Cl)cc1. The molecule has 0 spiro atoms. The van der Waals surface area contributed by atoms with Crippen LogP contribution in [-0.2, 0) is 0 Å². The minimum atomic E-state index is -0.614. The van der Waals surface area contributed by atoms with Gasteiger partial charge in [-0.15, -0.1) is 11.8 Å². The van der Waals surface area contributed by atoms with Crippen molar-refractivity contribution in [2.24, 2.45) is 0 Å². The van der Waals surface area contributed by atoms with Gasteiger partial charge in [0.25, 0.3) is 5.91 Å². The summed E-state index contributed by atoms with van der Waals surface area (Å²) in [7, 11) is 0. The van der Waals surface area contributed by atoms with Crippen molar-refractivity contribution in [2.45, 2.75) is 5.37 Å². The van der Waals surface area contributed by atoms with Crippen molar-refractivity contribution in [3.8, 4) is 0 Å². The molecule has 1 fully saturated rings. The fourth-order valence-electron chi connectivity index (χ4n) is 2.98. The van der Waals surface area contributed by atoms with Crippen molar-refractivity contribution in [3.05, 3.63) is 79.6 Å². The summed E-state index contributed by atoms with van der Waals surface area (Å²) in [6, 6.07) is 14.4. The van der Waals surface area contributed by atoms with E-state index in [2.05, 4.69) is 15.9 Å². The third-order valence-electron chi connectivity index (χ3n) is 4.23. The Morgan fingerprint density at radius 3 is 2.73 bits per heavy atom. The molecule has 1 amide bonds. The largest absolute Gasteiger partial charge is 0.422 e. The summed E-state index contributed by atoms with van der Waals surface area (Å²) in [6.45, 7) is 0.576. The lowest BCUT2D eigenvalue weighted by molar-refractivity contribution is 0.0756. The number of benzene rings is 2. The highest BCUT2D eigenvalue weighted by atomic mass is 79.9. The van der Waals surface area contributed by atoms with Crippen LogP contribution >= 0.6 is 39.3 Å². The summed E-state index contributed by atoms with van der Waals surface area (Å²) < 4.78 is 6.19. The molecule has 7 heteroatoms. The molecule has 4 rings (SSSR count). The quantitative estimate of drug-likeness (QED) is 0.510. The Hall–Kier alpha value is -1.76. The van der Waals surface area contributed by atoms with Gasteiger partial charge >= 0.3 is 5.63 Å². The summed E-state index contributed by atoms with van der Waals surface area (Å²) >= 11 is 11.0. The number of halogens is 2. The van der Waals surface area contributed by atoms with Crippen LogP contribution in [-0.4, -0.2) is 23.1 Å². The molecule has 1 atom stereocenters. The Bertz CT molecular complexity index is 1050. The van der Waals surface area contributed by atoms with Crippen molar-refractivity contribution in [3.63, 3.8) is 0 Å². The van der Waals surface area contributed by atoms with E-state index in [4.69, 9.17) is 16.0 Å².